The number of aliphatic hydroxyl groups is 2. The number of primary amides is 1. The molecule has 134 valence electrons. The third kappa shape index (κ3) is 2.09. The van der Waals surface area contributed by atoms with Crippen LogP contribution in [0.1, 0.15) is 24.0 Å². The zero-order valence-electron chi connectivity index (χ0n) is 13.7. The van der Waals surface area contributed by atoms with Crippen molar-refractivity contribution in [2.24, 2.45) is 23.5 Å². The number of hydrogen-bond acceptors (Lipinski definition) is 6. The van der Waals surface area contributed by atoms with Crippen LogP contribution in [0.25, 0.3) is 5.76 Å². The van der Waals surface area contributed by atoms with Gasteiger partial charge in [-0.2, -0.15) is 0 Å². The van der Waals surface area contributed by atoms with E-state index >= 15 is 0 Å². The van der Waals surface area contributed by atoms with Crippen LogP contribution in [0, 0.1) is 17.8 Å². The zero-order chi connectivity index (χ0) is 18.7. The lowest BCUT2D eigenvalue weighted by Gasteiger charge is -2.41. The molecule has 7 heteroatoms. The van der Waals surface area contributed by atoms with E-state index in [2.05, 4.69) is 0 Å². The molecule has 0 radical (unpaired) electrons. The molecule has 3 aliphatic carbocycles. The molecule has 0 aromatic heterocycles. The van der Waals surface area contributed by atoms with Crippen molar-refractivity contribution in [2.45, 2.75) is 19.3 Å². The molecule has 0 spiro atoms. The van der Waals surface area contributed by atoms with E-state index in [-0.39, 0.29) is 35.0 Å². The molecule has 0 bridgehead atoms. The molecule has 0 aliphatic heterocycles. The van der Waals surface area contributed by atoms with Gasteiger partial charge in [-0.1, -0.05) is 12.1 Å². The average molecular weight is 355 g/mol. The fourth-order valence-electron chi connectivity index (χ4n) is 4.58. The Morgan fingerprint density at radius 2 is 1.85 bits per heavy atom. The summed E-state index contributed by atoms with van der Waals surface area (Å²) >= 11 is 0. The highest BCUT2D eigenvalue weighted by atomic mass is 16.3. The molecule has 2 unspecified atom stereocenters. The summed E-state index contributed by atoms with van der Waals surface area (Å²) in [6.07, 6.45) is 0.808. The third-order valence-electron chi connectivity index (χ3n) is 5.63. The normalized spacial score (nSPS) is 27.8. The lowest BCUT2D eigenvalue weighted by molar-refractivity contribution is -0.127. The van der Waals surface area contributed by atoms with Crippen LogP contribution in [-0.4, -0.2) is 32.8 Å². The molecule has 1 fully saturated rings. The van der Waals surface area contributed by atoms with E-state index in [1.807, 2.05) is 0 Å². The summed E-state index contributed by atoms with van der Waals surface area (Å²) in [5.41, 5.74) is 5.72. The minimum absolute atomic E-state index is 0.0455. The standard InChI is InChI=1S/C19H17NO6/c20-19(26)15-11(22)6-9-5-8-4-7-2-1-3-10(21)12(7)16(23)13(8)17(24)14(9)18(15)25/h1-3,8-9,14,21,23,25H,4-6H2,(H2,20,26)/t8-,9?,14?/m0/s1. The second-order valence-electron chi connectivity index (χ2n) is 7.06. The summed E-state index contributed by atoms with van der Waals surface area (Å²) < 4.78 is 0. The van der Waals surface area contributed by atoms with Crippen LogP contribution in [0.15, 0.2) is 35.1 Å². The molecule has 1 aromatic carbocycles. The molecule has 4 rings (SSSR count). The fraction of sp³-hybridized carbons (Fsp3) is 0.316. The number of rotatable bonds is 1. The van der Waals surface area contributed by atoms with Gasteiger partial charge < -0.3 is 21.1 Å². The van der Waals surface area contributed by atoms with Crippen LogP contribution in [0.5, 0.6) is 5.75 Å². The van der Waals surface area contributed by atoms with Crippen molar-refractivity contribution in [1.82, 2.24) is 0 Å². The van der Waals surface area contributed by atoms with Gasteiger partial charge in [-0.3, -0.25) is 14.4 Å². The second-order valence-corrected chi connectivity index (χ2v) is 7.06. The number of allylic oxidation sites excluding steroid dienone is 2. The molecule has 7 nitrogen and oxygen atoms in total. The molecule has 1 aromatic rings. The molecule has 1 amide bonds. The lowest BCUT2D eigenvalue weighted by atomic mass is 9.61. The fourth-order valence-corrected chi connectivity index (χ4v) is 4.58. The number of aromatic hydroxyl groups is 1. The molecule has 3 atom stereocenters. The van der Waals surface area contributed by atoms with E-state index in [1.165, 1.54) is 6.07 Å². The van der Waals surface area contributed by atoms with Crippen LogP contribution < -0.4 is 5.73 Å². The smallest absolute Gasteiger partial charge is 0.255 e. The first-order valence-corrected chi connectivity index (χ1v) is 8.36. The Kier molecular flexibility index (Phi) is 3.44. The summed E-state index contributed by atoms with van der Waals surface area (Å²) in [6.45, 7) is 0. The minimum Gasteiger partial charge on any atom is -0.511 e. The van der Waals surface area contributed by atoms with Gasteiger partial charge in [-0.25, -0.2) is 0 Å². The Morgan fingerprint density at radius 3 is 2.54 bits per heavy atom. The van der Waals surface area contributed by atoms with E-state index in [4.69, 9.17) is 5.73 Å². The van der Waals surface area contributed by atoms with Gasteiger partial charge in [0.05, 0.1) is 11.5 Å². The predicted octanol–water partition coefficient (Wildman–Crippen LogP) is 1.31. The van der Waals surface area contributed by atoms with Crippen molar-refractivity contribution in [3.8, 4) is 5.75 Å². The summed E-state index contributed by atoms with van der Waals surface area (Å²) in [7, 11) is 0. The van der Waals surface area contributed by atoms with Crippen LogP contribution in [-0.2, 0) is 20.8 Å². The largest absolute Gasteiger partial charge is 0.511 e. The van der Waals surface area contributed by atoms with Gasteiger partial charge in [0.2, 0.25) is 0 Å². The summed E-state index contributed by atoms with van der Waals surface area (Å²) in [6, 6.07) is 4.86. The lowest BCUT2D eigenvalue weighted by Crippen LogP contribution is -2.44. The number of benzene rings is 1. The average Bonchev–Trinajstić information content (AvgIpc) is 2.53. The number of carbonyl (C=O) groups excluding carboxylic acids is 3. The number of phenolic OH excluding ortho intramolecular Hbond substituents is 1. The number of amides is 1. The first-order valence-electron chi connectivity index (χ1n) is 8.36. The Hall–Kier alpha value is -3.09. The Labute approximate surface area is 148 Å². The molecule has 3 aliphatic rings. The van der Waals surface area contributed by atoms with Crippen molar-refractivity contribution in [2.75, 3.05) is 0 Å². The topological polar surface area (TPSA) is 138 Å². The SMILES string of the molecule is NC(=O)C1=C(O)C2C(=O)C3=C(O)c4c(O)cccc4C[C@H]3CC2CC1=O. The Balaban J connectivity index is 1.87. The molecular formula is C19H17NO6. The van der Waals surface area contributed by atoms with Gasteiger partial charge in [-0.05, 0) is 36.3 Å². The number of hydrogen-bond donors (Lipinski definition) is 4. The van der Waals surface area contributed by atoms with Crippen molar-refractivity contribution < 1.29 is 29.7 Å². The van der Waals surface area contributed by atoms with Crippen molar-refractivity contribution in [1.29, 1.82) is 0 Å². The van der Waals surface area contributed by atoms with Crippen LogP contribution in [0.4, 0.5) is 0 Å². The maximum Gasteiger partial charge on any atom is 0.255 e. The highest BCUT2D eigenvalue weighted by Gasteiger charge is 2.50. The first-order chi connectivity index (χ1) is 12.3. The highest BCUT2D eigenvalue weighted by molar-refractivity contribution is 6.21. The maximum absolute atomic E-state index is 13.1. The van der Waals surface area contributed by atoms with E-state index in [0.717, 1.165) is 5.56 Å². The number of nitrogens with two attached hydrogens (primary N) is 1. The number of fused-ring (bicyclic) bond motifs is 3. The van der Waals surface area contributed by atoms with Gasteiger partial charge in [0.25, 0.3) is 5.91 Å². The number of aliphatic hydroxyl groups excluding tert-OH is 2. The predicted molar refractivity (Wildman–Crippen MR) is 89.9 cm³/mol. The van der Waals surface area contributed by atoms with Crippen LogP contribution in [0.2, 0.25) is 0 Å². The van der Waals surface area contributed by atoms with Gasteiger partial charge in [0.1, 0.15) is 22.8 Å². The zero-order valence-corrected chi connectivity index (χ0v) is 13.7. The third-order valence-corrected chi connectivity index (χ3v) is 5.63. The molecule has 0 heterocycles. The first kappa shape index (κ1) is 16.4. The number of carbonyl (C=O) groups is 3. The molecule has 26 heavy (non-hydrogen) atoms. The number of phenols is 1. The van der Waals surface area contributed by atoms with Gasteiger partial charge in [0, 0.05) is 12.0 Å². The summed E-state index contributed by atoms with van der Waals surface area (Å²) in [4.78, 5) is 36.7. The van der Waals surface area contributed by atoms with E-state index < -0.39 is 40.6 Å². The highest BCUT2D eigenvalue weighted by Crippen LogP contribution is 2.49. The summed E-state index contributed by atoms with van der Waals surface area (Å²) in [5.74, 6) is -5.02. The van der Waals surface area contributed by atoms with Gasteiger partial charge >= 0.3 is 0 Å². The minimum atomic E-state index is -1.07. The summed E-state index contributed by atoms with van der Waals surface area (Å²) in [5, 5.41) is 31.1. The molecule has 0 saturated heterocycles. The molecular weight excluding hydrogens is 338 g/mol. The second kappa shape index (κ2) is 5.45. The van der Waals surface area contributed by atoms with Crippen molar-refractivity contribution in [3.63, 3.8) is 0 Å². The Morgan fingerprint density at radius 1 is 1.12 bits per heavy atom. The van der Waals surface area contributed by atoms with Gasteiger partial charge in [-0.15, -0.1) is 0 Å². The number of Topliss-reactive ketones (excluding diaryl/α,β-unsaturated/α-hetero) is 2. The Bertz CT molecular complexity index is 941. The maximum atomic E-state index is 13.1. The van der Waals surface area contributed by atoms with E-state index in [9.17, 15) is 29.7 Å². The van der Waals surface area contributed by atoms with Crippen LogP contribution >= 0.6 is 0 Å². The van der Waals surface area contributed by atoms with Crippen molar-refractivity contribution >= 4 is 23.2 Å². The van der Waals surface area contributed by atoms with E-state index in [0.29, 0.717) is 12.8 Å². The van der Waals surface area contributed by atoms with Crippen LogP contribution in [0.3, 0.4) is 0 Å². The number of ketones is 2. The van der Waals surface area contributed by atoms with E-state index in [1.54, 1.807) is 12.1 Å². The molecule has 1 saturated carbocycles. The quantitative estimate of drug-likeness (QED) is 0.560. The van der Waals surface area contributed by atoms with Crippen molar-refractivity contribution in [3.05, 3.63) is 46.2 Å². The van der Waals surface area contributed by atoms with Gasteiger partial charge in [0.15, 0.2) is 11.6 Å². The molecule has 5 N–H and O–H groups in total. The monoisotopic (exact) mass is 355 g/mol.